The van der Waals surface area contributed by atoms with Crippen molar-refractivity contribution >= 4 is 43.7 Å². The zero-order valence-corrected chi connectivity index (χ0v) is 22.5. The van der Waals surface area contributed by atoms with Crippen LogP contribution in [0, 0.1) is 0 Å². The average Bonchev–Trinajstić information content (AvgIpc) is 3.75. The molecule has 2 aliphatic heterocycles. The van der Waals surface area contributed by atoms with Gasteiger partial charge in [0.15, 0.2) is 16.7 Å². The Morgan fingerprint density at radius 3 is 2.66 bits per heavy atom. The number of methoxy groups -OCH3 is 2. The van der Waals surface area contributed by atoms with Crippen molar-refractivity contribution < 1.29 is 28.1 Å². The highest BCUT2D eigenvalue weighted by Gasteiger charge is 2.40. The van der Waals surface area contributed by atoms with Crippen LogP contribution in [0.25, 0.3) is 27.4 Å². The number of rotatable bonds is 7. The van der Waals surface area contributed by atoms with Crippen molar-refractivity contribution in [2.45, 2.75) is 25.2 Å². The molecule has 0 radical (unpaired) electrons. The highest BCUT2D eigenvalue weighted by Crippen LogP contribution is 2.38. The first-order chi connectivity index (χ1) is 18.6. The Morgan fingerprint density at radius 1 is 1.05 bits per heavy atom. The number of anilines is 1. The van der Waals surface area contributed by atoms with E-state index in [0.717, 1.165) is 47.1 Å². The van der Waals surface area contributed by atoms with Crippen LogP contribution in [0.15, 0.2) is 34.2 Å². The quantitative estimate of drug-likeness (QED) is 0.283. The zero-order chi connectivity index (χ0) is 25.7. The molecule has 0 bridgehead atoms. The van der Waals surface area contributed by atoms with Gasteiger partial charge in [-0.3, -0.25) is 0 Å². The zero-order valence-electron chi connectivity index (χ0n) is 20.8. The summed E-state index contributed by atoms with van der Waals surface area (Å²) in [5, 5.41) is 8.75. The van der Waals surface area contributed by atoms with Crippen molar-refractivity contribution in [1.82, 2.24) is 19.6 Å². The minimum atomic E-state index is -0.392. The first-order valence-electron chi connectivity index (χ1n) is 12.2. The molecule has 2 fully saturated rings. The minimum absolute atomic E-state index is 0.327. The molecule has 6 heterocycles. The summed E-state index contributed by atoms with van der Waals surface area (Å²) in [6.45, 7) is 3.41. The number of hydrogen-bond acceptors (Lipinski definition) is 12. The van der Waals surface area contributed by atoms with E-state index < -0.39 is 5.79 Å². The van der Waals surface area contributed by atoms with Gasteiger partial charge >= 0.3 is 0 Å². The molecule has 2 saturated heterocycles. The fourth-order valence-corrected chi connectivity index (χ4v) is 6.38. The third-order valence-corrected chi connectivity index (χ3v) is 8.62. The van der Waals surface area contributed by atoms with E-state index in [1.165, 1.54) is 11.3 Å². The first-order valence-corrected chi connectivity index (χ1v) is 13.9. The highest BCUT2D eigenvalue weighted by atomic mass is 32.1. The lowest BCUT2D eigenvalue weighted by Crippen LogP contribution is -2.45. The Hall–Kier alpha value is -3.39. The molecule has 11 nitrogen and oxygen atoms in total. The number of aromatic nitrogens is 4. The van der Waals surface area contributed by atoms with Gasteiger partial charge in [0.25, 0.3) is 5.19 Å². The van der Waals surface area contributed by atoms with E-state index in [2.05, 4.69) is 15.0 Å². The van der Waals surface area contributed by atoms with Gasteiger partial charge in [0.1, 0.15) is 29.4 Å². The van der Waals surface area contributed by atoms with Crippen LogP contribution in [0.5, 0.6) is 16.7 Å². The number of nitrogens with zero attached hydrogens (tertiary/aromatic N) is 5. The molecule has 198 valence electrons. The van der Waals surface area contributed by atoms with Crippen molar-refractivity contribution in [3.05, 3.63) is 35.5 Å². The number of thiazole rings is 1. The van der Waals surface area contributed by atoms with Crippen LogP contribution in [0.3, 0.4) is 0 Å². The second-order valence-electron chi connectivity index (χ2n) is 9.08. The van der Waals surface area contributed by atoms with Gasteiger partial charge in [-0.05, 0) is 17.4 Å². The van der Waals surface area contributed by atoms with Crippen molar-refractivity contribution in [2.75, 3.05) is 45.4 Å². The summed E-state index contributed by atoms with van der Waals surface area (Å²) in [5.41, 5.74) is 2.19. The molecule has 0 N–H and O–H groups in total. The molecule has 0 saturated carbocycles. The van der Waals surface area contributed by atoms with Gasteiger partial charge in [0, 0.05) is 43.4 Å². The molecule has 2 aliphatic rings. The molecule has 1 aromatic carbocycles. The monoisotopic (exact) mass is 555 g/mol. The smallest absolute Gasteiger partial charge is 0.294 e. The predicted molar refractivity (Wildman–Crippen MR) is 142 cm³/mol. The van der Waals surface area contributed by atoms with Crippen LogP contribution in [-0.4, -0.2) is 65.9 Å². The van der Waals surface area contributed by atoms with Gasteiger partial charge in [-0.2, -0.15) is 0 Å². The van der Waals surface area contributed by atoms with E-state index in [9.17, 15) is 0 Å². The second-order valence-corrected chi connectivity index (χ2v) is 10.8. The number of hydrogen-bond donors (Lipinski definition) is 0. The van der Waals surface area contributed by atoms with Crippen molar-refractivity contribution in [3.63, 3.8) is 0 Å². The fraction of sp³-hybridized carbons (Fsp3) is 0.400. The number of fused-ring (bicyclic) bond motifs is 2. The minimum Gasteiger partial charge on any atom is -0.496 e. The lowest BCUT2D eigenvalue weighted by atomic mass is 10.0. The Balaban J connectivity index is 1.09. The Bertz CT molecular complexity index is 1560. The van der Waals surface area contributed by atoms with Crippen LogP contribution in [0.2, 0.25) is 0 Å². The van der Waals surface area contributed by atoms with Crippen LogP contribution in [0.1, 0.15) is 18.5 Å². The molecular weight excluding hydrogens is 530 g/mol. The Labute approximate surface area is 225 Å². The van der Waals surface area contributed by atoms with E-state index in [1.54, 1.807) is 30.1 Å². The van der Waals surface area contributed by atoms with E-state index >= 15 is 0 Å². The van der Waals surface area contributed by atoms with E-state index in [4.69, 9.17) is 33.1 Å². The van der Waals surface area contributed by atoms with Gasteiger partial charge < -0.3 is 33.0 Å². The molecule has 13 heteroatoms. The topological polar surface area (TPSA) is 106 Å². The lowest BCUT2D eigenvalue weighted by molar-refractivity contribution is -0.169. The van der Waals surface area contributed by atoms with E-state index in [1.807, 2.05) is 29.8 Å². The third-order valence-electron chi connectivity index (χ3n) is 6.78. The molecular formula is C25H25N5O6S2. The maximum absolute atomic E-state index is 6.24. The number of furan rings is 1. The second kappa shape index (κ2) is 9.42. The highest BCUT2D eigenvalue weighted by molar-refractivity contribution is 7.18. The van der Waals surface area contributed by atoms with Crippen molar-refractivity contribution in [3.8, 4) is 28.1 Å². The molecule has 0 amide bonds. The summed E-state index contributed by atoms with van der Waals surface area (Å²) in [6, 6.07) is 5.63. The maximum Gasteiger partial charge on any atom is 0.294 e. The van der Waals surface area contributed by atoms with Crippen molar-refractivity contribution in [1.29, 1.82) is 0 Å². The summed E-state index contributed by atoms with van der Waals surface area (Å²) in [5.74, 6) is 1.52. The molecule has 4 aromatic heterocycles. The first kappa shape index (κ1) is 23.7. The predicted octanol–water partition coefficient (Wildman–Crippen LogP) is 4.60. The summed E-state index contributed by atoms with van der Waals surface area (Å²) >= 11 is 2.99. The summed E-state index contributed by atoms with van der Waals surface area (Å²) in [4.78, 5) is 12.5. The molecule has 38 heavy (non-hydrogen) atoms. The van der Waals surface area contributed by atoms with E-state index in [0.29, 0.717) is 53.6 Å². The lowest BCUT2D eigenvalue weighted by Gasteiger charge is -2.37. The van der Waals surface area contributed by atoms with Crippen LogP contribution in [0.4, 0.5) is 5.13 Å². The molecule has 0 aliphatic carbocycles. The van der Waals surface area contributed by atoms with Crippen LogP contribution < -0.4 is 19.1 Å². The largest absolute Gasteiger partial charge is 0.496 e. The average molecular weight is 556 g/mol. The number of piperidine rings is 1. The van der Waals surface area contributed by atoms with Gasteiger partial charge in [-0.15, -0.1) is 16.4 Å². The molecule has 0 unspecified atom stereocenters. The van der Waals surface area contributed by atoms with Gasteiger partial charge in [-0.25, -0.2) is 14.5 Å². The maximum atomic E-state index is 6.24. The van der Waals surface area contributed by atoms with Gasteiger partial charge in [0.05, 0.1) is 44.7 Å². The van der Waals surface area contributed by atoms with E-state index in [-0.39, 0.29) is 0 Å². The van der Waals surface area contributed by atoms with Crippen LogP contribution in [-0.2, 0) is 16.1 Å². The molecule has 0 atom stereocenters. The normalized spacial score (nSPS) is 17.2. The van der Waals surface area contributed by atoms with Gasteiger partial charge in [0.2, 0.25) is 4.96 Å². The fourth-order valence-electron chi connectivity index (χ4n) is 4.81. The summed E-state index contributed by atoms with van der Waals surface area (Å²) in [7, 11) is 3.21. The van der Waals surface area contributed by atoms with Gasteiger partial charge in [-0.1, -0.05) is 0 Å². The molecule has 7 rings (SSSR count). The van der Waals surface area contributed by atoms with Crippen LogP contribution >= 0.6 is 22.7 Å². The molecule has 5 aromatic rings. The summed E-state index contributed by atoms with van der Waals surface area (Å²) in [6.07, 6.45) is 3.51. The number of ether oxygens (including phenoxy) is 5. The standard InChI is InChI=1S/C25H25N5O6S2/c1-31-16-9-19(17-11-21(36-20(17)10-16)18-12-30-23(27-18)38-24(28-30)32-2)33-13-15-14-37-22(26-15)29-5-3-25(4-6-29)34-7-8-35-25/h9-12,14H,3-8,13H2,1-2H3. The van der Waals surface area contributed by atoms with Crippen molar-refractivity contribution in [2.24, 2.45) is 0 Å². The summed E-state index contributed by atoms with van der Waals surface area (Å²) < 4.78 is 36.4. The number of imidazole rings is 1. The third kappa shape index (κ3) is 4.25. The Kier molecular flexibility index (Phi) is 5.87. The Morgan fingerprint density at radius 2 is 1.89 bits per heavy atom. The molecule has 1 spiro atoms. The number of benzene rings is 1. The SMILES string of the molecule is COc1cc(OCc2csc(N3CCC4(CC3)OCCO4)n2)c2cc(-c3cn4nc(OC)sc4n3)oc2c1.